The van der Waals surface area contributed by atoms with Crippen LogP contribution in [-0.2, 0) is 4.79 Å². The van der Waals surface area contributed by atoms with E-state index in [0.717, 1.165) is 5.56 Å². The van der Waals surface area contributed by atoms with Crippen molar-refractivity contribution in [2.45, 2.75) is 19.3 Å². The smallest absolute Gasteiger partial charge is 0.343 e. The molecule has 0 amide bonds. The molecular weight excluding hydrogens is 308 g/mol. The van der Waals surface area contributed by atoms with Gasteiger partial charge in [0.05, 0.1) is 10.9 Å². The lowest BCUT2D eigenvalue weighted by atomic mass is 9.87. The van der Waals surface area contributed by atoms with Gasteiger partial charge in [-0.15, -0.1) is 0 Å². The standard InChI is InChI=1S/C19H16O5/c1-11(20)9-15(12-5-3-2-4-6-12)17-18(22)14-8-7-13(21)10-16(14)24-19(17)23/h2-8,10,15,21-22H,9H2,1H3/t15-/m0/s1. The molecule has 0 radical (unpaired) electrons. The van der Waals surface area contributed by atoms with Crippen LogP contribution in [0.5, 0.6) is 11.5 Å². The molecule has 1 heterocycles. The predicted molar refractivity (Wildman–Crippen MR) is 89.4 cm³/mol. The van der Waals surface area contributed by atoms with Crippen molar-refractivity contribution in [2.24, 2.45) is 0 Å². The molecule has 0 aliphatic heterocycles. The van der Waals surface area contributed by atoms with Crippen molar-refractivity contribution in [2.75, 3.05) is 0 Å². The molecule has 5 heteroatoms. The van der Waals surface area contributed by atoms with Gasteiger partial charge in [0.1, 0.15) is 22.9 Å². The average Bonchev–Trinajstić information content (AvgIpc) is 2.54. The van der Waals surface area contributed by atoms with Gasteiger partial charge < -0.3 is 14.6 Å². The highest BCUT2D eigenvalue weighted by Gasteiger charge is 2.25. The van der Waals surface area contributed by atoms with Crippen LogP contribution in [0.25, 0.3) is 11.0 Å². The number of phenols is 1. The maximum Gasteiger partial charge on any atom is 0.343 e. The van der Waals surface area contributed by atoms with Crippen molar-refractivity contribution in [3.8, 4) is 11.5 Å². The third-order valence-corrected chi connectivity index (χ3v) is 3.94. The first-order valence-electron chi connectivity index (χ1n) is 7.50. The molecule has 2 N–H and O–H groups in total. The number of carbonyl (C=O) groups excluding carboxylic acids is 1. The molecule has 0 aliphatic carbocycles. The molecule has 1 aromatic heterocycles. The molecule has 2 aromatic carbocycles. The number of hydrogen-bond acceptors (Lipinski definition) is 5. The van der Waals surface area contributed by atoms with Crippen LogP contribution < -0.4 is 5.63 Å². The molecule has 3 rings (SSSR count). The summed E-state index contributed by atoms with van der Waals surface area (Å²) in [5.74, 6) is -0.996. The van der Waals surface area contributed by atoms with Gasteiger partial charge in [-0.05, 0) is 24.6 Å². The lowest BCUT2D eigenvalue weighted by Crippen LogP contribution is -2.16. The number of aromatic hydroxyl groups is 2. The number of Topliss-reactive ketones (excluding diaryl/α,β-unsaturated/α-hetero) is 1. The second-order valence-electron chi connectivity index (χ2n) is 5.70. The summed E-state index contributed by atoms with van der Waals surface area (Å²) in [7, 11) is 0. The van der Waals surface area contributed by atoms with E-state index >= 15 is 0 Å². The van der Waals surface area contributed by atoms with Crippen LogP contribution in [0, 0.1) is 0 Å². The summed E-state index contributed by atoms with van der Waals surface area (Å²) in [4.78, 5) is 24.1. The van der Waals surface area contributed by atoms with Crippen LogP contribution >= 0.6 is 0 Å². The Hall–Kier alpha value is -3.08. The van der Waals surface area contributed by atoms with Gasteiger partial charge in [0, 0.05) is 18.4 Å². The Bertz CT molecular complexity index is 957. The second kappa shape index (κ2) is 6.20. The van der Waals surface area contributed by atoms with Crippen molar-refractivity contribution < 1.29 is 19.4 Å². The minimum Gasteiger partial charge on any atom is -0.508 e. The summed E-state index contributed by atoms with van der Waals surface area (Å²) in [5.41, 5.74) is 0.166. The molecule has 0 saturated heterocycles. The Labute approximate surface area is 137 Å². The number of fused-ring (bicyclic) bond motifs is 1. The average molecular weight is 324 g/mol. The van der Waals surface area contributed by atoms with E-state index in [2.05, 4.69) is 0 Å². The van der Waals surface area contributed by atoms with Gasteiger partial charge >= 0.3 is 5.63 Å². The SMILES string of the molecule is CC(=O)C[C@@H](c1ccccc1)c1c(O)c2ccc(O)cc2oc1=O. The zero-order valence-electron chi connectivity index (χ0n) is 13.0. The van der Waals surface area contributed by atoms with Gasteiger partial charge in [-0.1, -0.05) is 30.3 Å². The molecule has 3 aromatic rings. The van der Waals surface area contributed by atoms with Gasteiger partial charge in [0.2, 0.25) is 0 Å². The van der Waals surface area contributed by atoms with E-state index in [-0.39, 0.29) is 34.8 Å². The Morgan fingerprint density at radius 3 is 2.50 bits per heavy atom. The summed E-state index contributed by atoms with van der Waals surface area (Å²) in [6.45, 7) is 1.44. The molecule has 0 saturated carbocycles. The first kappa shape index (κ1) is 15.8. The fourth-order valence-corrected chi connectivity index (χ4v) is 2.85. The normalized spacial score (nSPS) is 12.2. The van der Waals surface area contributed by atoms with E-state index in [4.69, 9.17) is 4.42 Å². The zero-order valence-corrected chi connectivity index (χ0v) is 13.0. The van der Waals surface area contributed by atoms with Crippen LogP contribution in [0.15, 0.2) is 57.7 Å². The number of phenolic OH excluding ortho intramolecular Hbond substituents is 1. The van der Waals surface area contributed by atoms with Crippen LogP contribution in [-0.4, -0.2) is 16.0 Å². The fourth-order valence-electron chi connectivity index (χ4n) is 2.85. The summed E-state index contributed by atoms with van der Waals surface area (Å²) in [6, 6.07) is 13.2. The van der Waals surface area contributed by atoms with Crippen molar-refractivity contribution in [3.05, 3.63) is 70.1 Å². The molecule has 0 aliphatic rings. The first-order chi connectivity index (χ1) is 11.5. The Morgan fingerprint density at radius 2 is 1.83 bits per heavy atom. The lowest BCUT2D eigenvalue weighted by Gasteiger charge is -2.17. The van der Waals surface area contributed by atoms with E-state index in [9.17, 15) is 19.8 Å². The number of hydrogen-bond donors (Lipinski definition) is 2. The van der Waals surface area contributed by atoms with Gasteiger partial charge in [0.25, 0.3) is 0 Å². The third kappa shape index (κ3) is 2.88. The van der Waals surface area contributed by atoms with E-state index in [1.54, 1.807) is 24.3 Å². The molecule has 5 nitrogen and oxygen atoms in total. The van der Waals surface area contributed by atoms with Crippen LogP contribution in [0.4, 0.5) is 0 Å². The highest BCUT2D eigenvalue weighted by molar-refractivity contribution is 5.86. The Balaban J connectivity index is 2.26. The zero-order chi connectivity index (χ0) is 17.3. The van der Waals surface area contributed by atoms with E-state index < -0.39 is 11.5 Å². The minimum atomic E-state index is -0.722. The van der Waals surface area contributed by atoms with Crippen LogP contribution in [0.1, 0.15) is 30.4 Å². The Morgan fingerprint density at radius 1 is 1.12 bits per heavy atom. The van der Waals surface area contributed by atoms with Crippen molar-refractivity contribution in [1.82, 2.24) is 0 Å². The molecule has 24 heavy (non-hydrogen) atoms. The summed E-state index contributed by atoms with van der Waals surface area (Å²) in [5, 5.41) is 20.4. The number of rotatable bonds is 4. The monoisotopic (exact) mass is 324 g/mol. The predicted octanol–water partition coefficient (Wildman–Crippen LogP) is 3.32. The summed E-state index contributed by atoms with van der Waals surface area (Å²) in [6.07, 6.45) is 0.0753. The number of carbonyl (C=O) groups is 1. The largest absolute Gasteiger partial charge is 0.508 e. The van der Waals surface area contributed by atoms with E-state index in [1.165, 1.54) is 25.1 Å². The van der Waals surface area contributed by atoms with Gasteiger partial charge in [-0.3, -0.25) is 4.79 Å². The van der Waals surface area contributed by atoms with Crippen LogP contribution in [0.2, 0.25) is 0 Å². The summed E-state index contributed by atoms with van der Waals surface area (Å²) >= 11 is 0. The van der Waals surface area contributed by atoms with Crippen LogP contribution in [0.3, 0.4) is 0 Å². The van der Waals surface area contributed by atoms with Gasteiger partial charge in [0.15, 0.2) is 0 Å². The highest BCUT2D eigenvalue weighted by atomic mass is 16.4. The van der Waals surface area contributed by atoms with Gasteiger partial charge in [-0.2, -0.15) is 0 Å². The molecule has 1 atom stereocenters. The molecule has 0 fully saturated rings. The van der Waals surface area contributed by atoms with Crippen molar-refractivity contribution >= 4 is 16.8 Å². The first-order valence-corrected chi connectivity index (χ1v) is 7.50. The number of ketones is 1. The van der Waals surface area contributed by atoms with E-state index in [0.29, 0.717) is 5.39 Å². The molecule has 122 valence electrons. The maximum atomic E-state index is 12.4. The lowest BCUT2D eigenvalue weighted by molar-refractivity contribution is -0.117. The molecule has 0 spiro atoms. The van der Waals surface area contributed by atoms with Gasteiger partial charge in [-0.25, -0.2) is 4.79 Å². The van der Waals surface area contributed by atoms with E-state index in [1.807, 2.05) is 6.07 Å². The topological polar surface area (TPSA) is 87.7 Å². The van der Waals surface area contributed by atoms with Crippen molar-refractivity contribution in [1.29, 1.82) is 0 Å². The maximum absolute atomic E-state index is 12.4. The molecular formula is C19H16O5. The number of benzene rings is 2. The Kier molecular flexibility index (Phi) is 4.08. The van der Waals surface area contributed by atoms with Crippen molar-refractivity contribution in [3.63, 3.8) is 0 Å². The summed E-state index contributed by atoms with van der Waals surface area (Å²) < 4.78 is 5.25. The second-order valence-corrected chi connectivity index (χ2v) is 5.70. The third-order valence-electron chi connectivity index (χ3n) is 3.94. The highest BCUT2D eigenvalue weighted by Crippen LogP contribution is 2.36. The molecule has 0 bridgehead atoms. The fraction of sp³-hybridized carbons (Fsp3) is 0.158. The quantitative estimate of drug-likeness (QED) is 0.719. The minimum absolute atomic E-state index is 0.0505. The molecule has 0 unspecified atom stereocenters.